The highest BCUT2D eigenvalue weighted by atomic mass is 32.1. The first-order valence-electron chi connectivity index (χ1n) is 7.14. The molecule has 1 unspecified atom stereocenters. The number of hydrogen-bond donors (Lipinski definition) is 1. The SMILES string of the molecule is c1cc2sncc2cc1OC1C[C@H]2CCC[C@@H](C1)N2. The van der Waals surface area contributed by atoms with Gasteiger partial charge in [0.2, 0.25) is 0 Å². The normalized spacial score (nSPS) is 30.4. The molecule has 2 aliphatic rings. The van der Waals surface area contributed by atoms with Crippen molar-refractivity contribution in [3.05, 3.63) is 24.4 Å². The third kappa shape index (κ3) is 2.35. The fraction of sp³-hybridized carbons (Fsp3) is 0.533. The number of hydrogen-bond acceptors (Lipinski definition) is 4. The lowest BCUT2D eigenvalue weighted by atomic mass is 9.85. The maximum Gasteiger partial charge on any atom is 0.120 e. The lowest BCUT2D eigenvalue weighted by molar-refractivity contribution is 0.0928. The van der Waals surface area contributed by atoms with E-state index in [9.17, 15) is 0 Å². The second-order valence-electron chi connectivity index (χ2n) is 5.73. The highest BCUT2D eigenvalue weighted by Gasteiger charge is 2.32. The second-order valence-corrected chi connectivity index (χ2v) is 6.56. The average Bonchev–Trinajstić information content (AvgIpc) is 2.85. The summed E-state index contributed by atoms with van der Waals surface area (Å²) in [6.07, 6.45) is 8.59. The number of nitrogens with zero attached hydrogens (tertiary/aromatic N) is 1. The van der Waals surface area contributed by atoms with E-state index < -0.39 is 0 Å². The van der Waals surface area contributed by atoms with Crippen molar-refractivity contribution >= 4 is 21.6 Å². The quantitative estimate of drug-likeness (QED) is 0.912. The zero-order valence-electron chi connectivity index (χ0n) is 10.8. The van der Waals surface area contributed by atoms with Crippen LogP contribution in [0.3, 0.4) is 0 Å². The molecule has 0 saturated carbocycles. The Morgan fingerprint density at radius 2 is 2.05 bits per heavy atom. The van der Waals surface area contributed by atoms with Crippen molar-refractivity contribution in [3.8, 4) is 5.75 Å². The Labute approximate surface area is 117 Å². The van der Waals surface area contributed by atoms with Crippen molar-refractivity contribution in [2.24, 2.45) is 0 Å². The van der Waals surface area contributed by atoms with Gasteiger partial charge >= 0.3 is 0 Å². The highest BCUT2D eigenvalue weighted by molar-refractivity contribution is 7.13. The van der Waals surface area contributed by atoms with Gasteiger partial charge < -0.3 is 10.1 Å². The summed E-state index contributed by atoms with van der Waals surface area (Å²) in [5, 5.41) is 4.90. The lowest BCUT2D eigenvalue weighted by Crippen LogP contribution is -2.51. The van der Waals surface area contributed by atoms with Gasteiger partial charge in [-0.1, -0.05) is 6.42 Å². The summed E-state index contributed by atoms with van der Waals surface area (Å²) in [6, 6.07) is 7.66. The van der Waals surface area contributed by atoms with Gasteiger partial charge in [0.15, 0.2) is 0 Å². The molecule has 2 fully saturated rings. The van der Waals surface area contributed by atoms with Crippen molar-refractivity contribution in [3.63, 3.8) is 0 Å². The van der Waals surface area contributed by atoms with E-state index in [4.69, 9.17) is 4.74 Å². The van der Waals surface area contributed by atoms with Gasteiger partial charge in [-0.15, -0.1) is 0 Å². The van der Waals surface area contributed by atoms with Crippen molar-refractivity contribution in [2.45, 2.75) is 50.3 Å². The Morgan fingerprint density at radius 1 is 1.21 bits per heavy atom. The summed E-state index contributed by atoms with van der Waals surface area (Å²) in [7, 11) is 0. The fourth-order valence-corrected chi connectivity index (χ4v) is 4.05. The molecule has 100 valence electrons. The number of fused-ring (bicyclic) bond motifs is 3. The molecule has 1 aromatic carbocycles. The van der Waals surface area contributed by atoms with Crippen LogP contribution in [-0.4, -0.2) is 22.6 Å². The van der Waals surface area contributed by atoms with E-state index in [1.165, 1.54) is 29.3 Å². The molecule has 3 heterocycles. The van der Waals surface area contributed by atoms with Crippen LogP contribution in [0.5, 0.6) is 5.75 Å². The molecule has 0 amide bonds. The molecule has 2 bridgehead atoms. The van der Waals surface area contributed by atoms with Gasteiger partial charge in [-0.05, 0) is 55.4 Å². The first kappa shape index (κ1) is 11.7. The van der Waals surface area contributed by atoms with Gasteiger partial charge in [0, 0.05) is 23.7 Å². The van der Waals surface area contributed by atoms with Gasteiger partial charge in [-0.2, -0.15) is 4.37 Å². The molecule has 3 atom stereocenters. The predicted octanol–water partition coefficient (Wildman–Crippen LogP) is 3.35. The molecule has 0 spiro atoms. The number of aromatic nitrogens is 1. The smallest absolute Gasteiger partial charge is 0.120 e. The Hall–Kier alpha value is -1.13. The number of rotatable bonds is 2. The van der Waals surface area contributed by atoms with E-state index in [0.29, 0.717) is 18.2 Å². The molecule has 4 heteroatoms. The van der Waals surface area contributed by atoms with Crippen molar-refractivity contribution < 1.29 is 4.74 Å². The van der Waals surface area contributed by atoms with E-state index in [-0.39, 0.29) is 0 Å². The van der Waals surface area contributed by atoms with E-state index in [1.807, 2.05) is 6.20 Å². The monoisotopic (exact) mass is 274 g/mol. The van der Waals surface area contributed by atoms with Gasteiger partial charge in [-0.3, -0.25) is 0 Å². The van der Waals surface area contributed by atoms with E-state index in [2.05, 4.69) is 27.9 Å². The molecule has 1 aromatic heterocycles. The third-order valence-electron chi connectivity index (χ3n) is 4.30. The average molecular weight is 274 g/mol. The molecule has 4 rings (SSSR count). The maximum atomic E-state index is 6.21. The van der Waals surface area contributed by atoms with Crippen LogP contribution in [0, 0.1) is 0 Å². The minimum atomic E-state index is 0.376. The molecule has 2 aliphatic heterocycles. The predicted molar refractivity (Wildman–Crippen MR) is 77.8 cm³/mol. The topological polar surface area (TPSA) is 34.1 Å². The van der Waals surface area contributed by atoms with Crippen LogP contribution in [-0.2, 0) is 0 Å². The molecule has 2 saturated heterocycles. The number of benzene rings is 1. The first-order chi connectivity index (χ1) is 9.37. The van der Waals surface area contributed by atoms with Crippen LogP contribution in [0.25, 0.3) is 10.1 Å². The largest absolute Gasteiger partial charge is 0.490 e. The number of ether oxygens (including phenoxy) is 1. The van der Waals surface area contributed by atoms with E-state index >= 15 is 0 Å². The second kappa shape index (κ2) is 4.76. The molecule has 2 aromatic rings. The molecule has 19 heavy (non-hydrogen) atoms. The van der Waals surface area contributed by atoms with E-state index in [0.717, 1.165) is 18.6 Å². The molecule has 0 aliphatic carbocycles. The van der Waals surface area contributed by atoms with Gasteiger partial charge in [0.05, 0.1) is 4.70 Å². The van der Waals surface area contributed by atoms with Crippen LogP contribution >= 0.6 is 11.5 Å². The number of nitrogens with one attached hydrogen (secondary N) is 1. The van der Waals surface area contributed by atoms with Crippen LogP contribution in [0.15, 0.2) is 24.4 Å². The molecule has 3 nitrogen and oxygen atoms in total. The first-order valence-corrected chi connectivity index (χ1v) is 7.91. The van der Waals surface area contributed by atoms with Crippen LogP contribution < -0.4 is 10.1 Å². The molecule has 0 radical (unpaired) electrons. The van der Waals surface area contributed by atoms with Gasteiger partial charge in [0.25, 0.3) is 0 Å². The summed E-state index contributed by atoms with van der Waals surface area (Å²) in [5.74, 6) is 0.998. The Balaban J connectivity index is 1.51. The summed E-state index contributed by atoms with van der Waals surface area (Å²) in [6.45, 7) is 0. The Bertz CT molecular complexity index is 570. The van der Waals surface area contributed by atoms with Crippen LogP contribution in [0.2, 0.25) is 0 Å². The number of piperidine rings is 2. The standard InChI is InChI=1S/C15H18N2OS/c1-2-11-7-14(8-12(3-1)17-11)18-13-4-5-15-10(6-13)9-16-19-15/h4-6,9,11-12,14,17H,1-3,7-8H2/t11-,12+,14?. The van der Waals surface area contributed by atoms with E-state index in [1.54, 1.807) is 11.5 Å². The Morgan fingerprint density at radius 3 is 2.89 bits per heavy atom. The summed E-state index contributed by atoms with van der Waals surface area (Å²) >= 11 is 1.54. The fourth-order valence-electron chi connectivity index (χ4n) is 3.43. The molecule has 1 N–H and O–H groups in total. The zero-order chi connectivity index (χ0) is 12.7. The summed E-state index contributed by atoms with van der Waals surface area (Å²) < 4.78 is 11.6. The maximum absolute atomic E-state index is 6.21. The van der Waals surface area contributed by atoms with Crippen molar-refractivity contribution in [2.75, 3.05) is 0 Å². The van der Waals surface area contributed by atoms with Gasteiger partial charge in [-0.25, -0.2) is 0 Å². The third-order valence-corrected chi connectivity index (χ3v) is 5.08. The van der Waals surface area contributed by atoms with Gasteiger partial charge in [0.1, 0.15) is 11.9 Å². The van der Waals surface area contributed by atoms with Crippen molar-refractivity contribution in [1.82, 2.24) is 9.69 Å². The summed E-state index contributed by atoms with van der Waals surface area (Å²) in [5.41, 5.74) is 0. The lowest BCUT2D eigenvalue weighted by Gasteiger charge is -2.40. The summed E-state index contributed by atoms with van der Waals surface area (Å²) in [4.78, 5) is 0. The van der Waals surface area contributed by atoms with Crippen LogP contribution in [0.4, 0.5) is 0 Å². The minimum Gasteiger partial charge on any atom is -0.490 e. The van der Waals surface area contributed by atoms with Crippen molar-refractivity contribution in [1.29, 1.82) is 0 Å². The van der Waals surface area contributed by atoms with Crippen LogP contribution in [0.1, 0.15) is 32.1 Å². The molecular formula is C15H18N2OS. The zero-order valence-corrected chi connectivity index (χ0v) is 11.7. The molecular weight excluding hydrogens is 256 g/mol. The minimum absolute atomic E-state index is 0.376. The highest BCUT2D eigenvalue weighted by Crippen LogP contribution is 2.30. The Kier molecular flexibility index (Phi) is 2.93.